The van der Waals surface area contributed by atoms with Crippen LogP contribution in [0.2, 0.25) is 0 Å². The molecule has 0 amide bonds. The largest absolute Gasteiger partial charge is 0.494 e. The van der Waals surface area contributed by atoms with Gasteiger partial charge in [0.1, 0.15) is 12.4 Å². The van der Waals surface area contributed by atoms with Gasteiger partial charge in [-0.1, -0.05) is 15.9 Å². The summed E-state index contributed by atoms with van der Waals surface area (Å²) in [7, 11) is 0. The van der Waals surface area contributed by atoms with Gasteiger partial charge in [0.15, 0.2) is 0 Å². The second-order valence-electron chi connectivity index (χ2n) is 3.85. The molecule has 2 N–H and O–H groups in total. The predicted molar refractivity (Wildman–Crippen MR) is 69.1 cm³/mol. The van der Waals surface area contributed by atoms with Crippen LogP contribution < -0.4 is 10.5 Å². The van der Waals surface area contributed by atoms with Crippen molar-refractivity contribution < 1.29 is 22.6 Å². The molecule has 0 radical (unpaired) electrons. The van der Waals surface area contributed by atoms with Crippen LogP contribution in [0.15, 0.2) is 22.7 Å². The van der Waals surface area contributed by atoms with Gasteiger partial charge in [0.25, 0.3) is 0 Å². The van der Waals surface area contributed by atoms with E-state index in [-0.39, 0.29) is 6.61 Å². The zero-order chi connectivity index (χ0) is 14.5. The molecule has 3 nitrogen and oxygen atoms in total. The van der Waals surface area contributed by atoms with Crippen LogP contribution in [0.25, 0.3) is 0 Å². The maximum atomic E-state index is 12.0. The van der Waals surface area contributed by atoms with Crippen molar-refractivity contribution in [2.45, 2.75) is 19.1 Å². The molecular weight excluding hydrogens is 327 g/mol. The molecule has 108 valence electrons. The summed E-state index contributed by atoms with van der Waals surface area (Å²) in [6.07, 6.45) is -4.35. The Balaban J connectivity index is 2.69. The number of nitrogens with two attached hydrogens (primary N) is 1. The zero-order valence-electron chi connectivity index (χ0n) is 10.3. The van der Waals surface area contributed by atoms with E-state index >= 15 is 0 Å². The molecule has 1 aromatic rings. The number of ether oxygens (including phenoxy) is 2. The van der Waals surface area contributed by atoms with Crippen LogP contribution in [-0.4, -0.2) is 26.0 Å². The monoisotopic (exact) mass is 341 g/mol. The molecule has 0 fully saturated rings. The summed E-state index contributed by atoms with van der Waals surface area (Å²) in [5.74, 6) is 0.550. The Bertz CT molecular complexity index is 412. The van der Waals surface area contributed by atoms with Crippen LogP contribution in [0, 0.1) is 0 Å². The average molecular weight is 342 g/mol. The fourth-order valence-electron chi connectivity index (χ4n) is 1.49. The van der Waals surface area contributed by atoms with Crippen LogP contribution in [0.5, 0.6) is 5.75 Å². The first-order valence-electron chi connectivity index (χ1n) is 5.66. The van der Waals surface area contributed by atoms with Gasteiger partial charge in [-0.3, -0.25) is 0 Å². The molecule has 0 aromatic heterocycles. The number of alkyl halides is 3. The molecule has 0 bridgehead atoms. The molecule has 0 saturated heterocycles. The molecule has 1 unspecified atom stereocenters. The molecule has 0 heterocycles. The maximum absolute atomic E-state index is 12.0. The highest BCUT2D eigenvalue weighted by atomic mass is 79.9. The Labute approximate surface area is 118 Å². The zero-order valence-corrected chi connectivity index (χ0v) is 11.9. The fourth-order valence-corrected chi connectivity index (χ4v) is 1.87. The minimum atomic E-state index is -4.35. The standard InChI is InChI=1S/C12H15BrF3NO2/c1-2-19-11-4-3-8(13)5-9(11)10(17)6-18-7-12(14,15)16/h3-5,10H,2,6-7,17H2,1H3. The lowest BCUT2D eigenvalue weighted by molar-refractivity contribution is -0.174. The average Bonchev–Trinajstić information content (AvgIpc) is 2.30. The number of benzene rings is 1. The third-order valence-electron chi connectivity index (χ3n) is 2.23. The van der Waals surface area contributed by atoms with E-state index in [0.717, 1.165) is 4.47 Å². The number of hydrogen-bond acceptors (Lipinski definition) is 3. The second-order valence-corrected chi connectivity index (χ2v) is 4.77. The smallest absolute Gasteiger partial charge is 0.411 e. The van der Waals surface area contributed by atoms with Crippen molar-refractivity contribution in [1.29, 1.82) is 0 Å². The van der Waals surface area contributed by atoms with E-state index in [4.69, 9.17) is 10.5 Å². The molecule has 0 aliphatic carbocycles. The molecule has 19 heavy (non-hydrogen) atoms. The summed E-state index contributed by atoms with van der Waals surface area (Å²) in [4.78, 5) is 0. The first-order valence-corrected chi connectivity index (χ1v) is 6.45. The highest BCUT2D eigenvalue weighted by molar-refractivity contribution is 9.10. The van der Waals surface area contributed by atoms with E-state index in [1.807, 2.05) is 6.92 Å². The van der Waals surface area contributed by atoms with Crippen molar-refractivity contribution in [2.75, 3.05) is 19.8 Å². The van der Waals surface area contributed by atoms with E-state index in [2.05, 4.69) is 20.7 Å². The molecule has 7 heteroatoms. The molecule has 1 aromatic carbocycles. The van der Waals surface area contributed by atoms with Gasteiger partial charge in [-0.15, -0.1) is 0 Å². The molecule has 0 saturated carbocycles. The van der Waals surface area contributed by atoms with E-state index in [1.54, 1.807) is 18.2 Å². The Kier molecular flexibility index (Phi) is 6.09. The van der Waals surface area contributed by atoms with Gasteiger partial charge in [-0.05, 0) is 25.1 Å². The van der Waals surface area contributed by atoms with Gasteiger partial charge < -0.3 is 15.2 Å². The Hall–Kier alpha value is -0.790. The van der Waals surface area contributed by atoms with Crippen molar-refractivity contribution >= 4 is 15.9 Å². The van der Waals surface area contributed by atoms with Gasteiger partial charge >= 0.3 is 6.18 Å². The van der Waals surface area contributed by atoms with Gasteiger partial charge in [0.2, 0.25) is 0 Å². The highest BCUT2D eigenvalue weighted by Crippen LogP contribution is 2.28. The minimum absolute atomic E-state index is 0.226. The molecule has 1 rings (SSSR count). The molecule has 0 aliphatic heterocycles. The SMILES string of the molecule is CCOc1ccc(Br)cc1C(N)COCC(F)(F)F. The molecule has 0 spiro atoms. The van der Waals surface area contributed by atoms with Crippen LogP contribution in [0.4, 0.5) is 13.2 Å². The van der Waals surface area contributed by atoms with E-state index in [9.17, 15) is 13.2 Å². The quantitative estimate of drug-likeness (QED) is 0.862. The first-order chi connectivity index (χ1) is 8.83. The van der Waals surface area contributed by atoms with Crippen LogP contribution >= 0.6 is 15.9 Å². The van der Waals surface area contributed by atoms with Crippen LogP contribution in [-0.2, 0) is 4.74 Å². The lowest BCUT2D eigenvalue weighted by atomic mass is 10.1. The summed E-state index contributed by atoms with van der Waals surface area (Å²) in [5, 5.41) is 0. The number of rotatable bonds is 6. The van der Waals surface area contributed by atoms with Gasteiger partial charge in [0.05, 0.1) is 19.3 Å². The lowest BCUT2D eigenvalue weighted by Crippen LogP contribution is -2.23. The fraction of sp³-hybridized carbons (Fsp3) is 0.500. The molecule has 1 atom stereocenters. The van der Waals surface area contributed by atoms with Gasteiger partial charge in [-0.25, -0.2) is 0 Å². The van der Waals surface area contributed by atoms with E-state index in [0.29, 0.717) is 17.9 Å². The topological polar surface area (TPSA) is 44.5 Å². The van der Waals surface area contributed by atoms with E-state index < -0.39 is 18.8 Å². The van der Waals surface area contributed by atoms with E-state index in [1.165, 1.54) is 0 Å². The summed E-state index contributed by atoms with van der Waals surface area (Å²) < 4.78 is 46.6. The van der Waals surface area contributed by atoms with Crippen molar-refractivity contribution in [3.05, 3.63) is 28.2 Å². The third-order valence-corrected chi connectivity index (χ3v) is 2.73. The maximum Gasteiger partial charge on any atom is 0.411 e. The van der Waals surface area contributed by atoms with Crippen molar-refractivity contribution in [2.24, 2.45) is 5.73 Å². The molecular formula is C12H15BrF3NO2. The van der Waals surface area contributed by atoms with Crippen molar-refractivity contribution in [3.8, 4) is 5.75 Å². The summed E-state index contributed by atoms with van der Waals surface area (Å²) >= 11 is 3.28. The minimum Gasteiger partial charge on any atom is -0.494 e. The lowest BCUT2D eigenvalue weighted by Gasteiger charge is -2.17. The predicted octanol–water partition coefficient (Wildman–Crippen LogP) is 3.43. The van der Waals surface area contributed by atoms with Gasteiger partial charge in [0, 0.05) is 10.0 Å². The summed E-state index contributed by atoms with van der Waals surface area (Å²) in [5.41, 5.74) is 6.44. The summed E-state index contributed by atoms with van der Waals surface area (Å²) in [6, 6.07) is 4.53. The Morgan fingerprint density at radius 1 is 1.37 bits per heavy atom. The Morgan fingerprint density at radius 3 is 2.63 bits per heavy atom. The summed E-state index contributed by atoms with van der Waals surface area (Å²) in [6.45, 7) is 0.733. The number of hydrogen-bond donors (Lipinski definition) is 1. The number of halogens is 4. The van der Waals surface area contributed by atoms with Crippen molar-refractivity contribution in [1.82, 2.24) is 0 Å². The molecule has 0 aliphatic rings. The van der Waals surface area contributed by atoms with Crippen LogP contribution in [0.1, 0.15) is 18.5 Å². The van der Waals surface area contributed by atoms with Gasteiger partial charge in [-0.2, -0.15) is 13.2 Å². The third kappa shape index (κ3) is 5.80. The highest BCUT2D eigenvalue weighted by Gasteiger charge is 2.28. The van der Waals surface area contributed by atoms with Crippen molar-refractivity contribution in [3.63, 3.8) is 0 Å². The normalized spacial score (nSPS) is 13.4. The second kappa shape index (κ2) is 7.12. The first kappa shape index (κ1) is 16.3. The van der Waals surface area contributed by atoms with Crippen LogP contribution in [0.3, 0.4) is 0 Å². The Morgan fingerprint density at radius 2 is 2.05 bits per heavy atom.